The van der Waals surface area contributed by atoms with Gasteiger partial charge in [0.25, 0.3) is 5.91 Å². The molecule has 2 amide bonds. The Morgan fingerprint density at radius 2 is 1.55 bits per heavy atom. The van der Waals surface area contributed by atoms with Crippen LogP contribution in [0.2, 0.25) is 0 Å². The van der Waals surface area contributed by atoms with Gasteiger partial charge in [-0.15, -0.1) is 0 Å². The lowest BCUT2D eigenvalue weighted by Crippen LogP contribution is -2.35. The Bertz CT molecular complexity index is 1020. The number of carbonyl (C=O) groups is 2. The molecule has 0 spiro atoms. The second-order valence-electron chi connectivity index (χ2n) is 6.82. The van der Waals surface area contributed by atoms with Crippen LogP contribution < -0.4 is 20.1 Å². The first kappa shape index (κ1) is 22.4. The quantitative estimate of drug-likeness (QED) is 0.471. The fraction of sp³-hybridized carbons (Fsp3) is 0.167. The zero-order valence-electron chi connectivity index (χ0n) is 17.1. The van der Waals surface area contributed by atoms with Crippen LogP contribution in [0.25, 0.3) is 0 Å². The van der Waals surface area contributed by atoms with E-state index >= 15 is 0 Å². The van der Waals surface area contributed by atoms with E-state index in [0.717, 1.165) is 15.6 Å². The zero-order valence-corrected chi connectivity index (χ0v) is 18.6. The van der Waals surface area contributed by atoms with E-state index in [9.17, 15) is 9.59 Å². The third kappa shape index (κ3) is 7.46. The number of rotatable bonds is 9. The second kappa shape index (κ2) is 11.2. The highest BCUT2D eigenvalue weighted by atomic mass is 79.9. The standard InChI is InChI=1S/C24H23BrN2O4/c1-17-13-19(25)7-12-22(17)27-23(28)14-26-24(29)16-31-21-10-8-20(9-11-21)30-15-18-5-3-2-4-6-18/h2-13H,14-16H2,1H3,(H,26,29)(H,27,28). The SMILES string of the molecule is Cc1cc(Br)ccc1NC(=O)CNC(=O)COc1ccc(OCc2ccccc2)cc1. The maximum Gasteiger partial charge on any atom is 0.258 e. The Labute approximate surface area is 189 Å². The van der Waals surface area contributed by atoms with Crippen molar-refractivity contribution >= 4 is 33.4 Å². The van der Waals surface area contributed by atoms with E-state index in [0.29, 0.717) is 23.8 Å². The van der Waals surface area contributed by atoms with E-state index in [2.05, 4.69) is 26.6 Å². The van der Waals surface area contributed by atoms with Gasteiger partial charge in [-0.05, 0) is 60.5 Å². The van der Waals surface area contributed by atoms with Crippen molar-refractivity contribution in [3.8, 4) is 11.5 Å². The molecule has 0 bridgehead atoms. The Morgan fingerprint density at radius 1 is 0.871 bits per heavy atom. The highest BCUT2D eigenvalue weighted by Crippen LogP contribution is 2.20. The summed E-state index contributed by atoms with van der Waals surface area (Å²) in [5.74, 6) is 0.559. The minimum Gasteiger partial charge on any atom is -0.489 e. The van der Waals surface area contributed by atoms with Crippen LogP contribution in [0.1, 0.15) is 11.1 Å². The molecule has 0 saturated carbocycles. The smallest absolute Gasteiger partial charge is 0.258 e. The molecule has 3 aromatic carbocycles. The van der Waals surface area contributed by atoms with Crippen molar-refractivity contribution in [3.05, 3.63) is 88.4 Å². The molecule has 6 nitrogen and oxygen atoms in total. The van der Waals surface area contributed by atoms with Crippen molar-refractivity contribution in [1.29, 1.82) is 0 Å². The largest absolute Gasteiger partial charge is 0.489 e. The Hall–Kier alpha value is -3.32. The van der Waals surface area contributed by atoms with Crippen LogP contribution in [0.3, 0.4) is 0 Å². The molecule has 0 aliphatic carbocycles. The summed E-state index contributed by atoms with van der Waals surface area (Å²) in [6, 6.07) is 22.5. The molecule has 0 unspecified atom stereocenters. The van der Waals surface area contributed by atoms with Gasteiger partial charge in [-0.1, -0.05) is 46.3 Å². The molecule has 0 atom stereocenters. The van der Waals surface area contributed by atoms with Gasteiger partial charge in [0.05, 0.1) is 6.54 Å². The van der Waals surface area contributed by atoms with Crippen LogP contribution in [0.15, 0.2) is 77.3 Å². The Morgan fingerprint density at radius 3 is 2.23 bits per heavy atom. The summed E-state index contributed by atoms with van der Waals surface area (Å²) in [5, 5.41) is 5.31. The molecule has 0 radical (unpaired) electrons. The highest BCUT2D eigenvalue weighted by Gasteiger charge is 2.08. The molecule has 160 valence electrons. The first-order valence-corrected chi connectivity index (χ1v) is 10.5. The van der Waals surface area contributed by atoms with Gasteiger partial charge in [0.15, 0.2) is 6.61 Å². The summed E-state index contributed by atoms with van der Waals surface area (Å²) in [7, 11) is 0. The normalized spacial score (nSPS) is 10.3. The molecule has 0 fully saturated rings. The highest BCUT2D eigenvalue weighted by molar-refractivity contribution is 9.10. The van der Waals surface area contributed by atoms with E-state index < -0.39 is 0 Å². The average Bonchev–Trinajstić information content (AvgIpc) is 2.78. The summed E-state index contributed by atoms with van der Waals surface area (Å²) >= 11 is 3.38. The van der Waals surface area contributed by atoms with Gasteiger partial charge in [-0.25, -0.2) is 0 Å². The maximum absolute atomic E-state index is 12.0. The molecular formula is C24H23BrN2O4. The first-order valence-electron chi connectivity index (χ1n) is 9.72. The number of amides is 2. The topological polar surface area (TPSA) is 76.7 Å². The lowest BCUT2D eigenvalue weighted by molar-refractivity contribution is -0.125. The number of hydrogen-bond acceptors (Lipinski definition) is 4. The van der Waals surface area contributed by atoms with E-state index in [1.807, 2.05) is 49.4 Å². The fourth-order valence-electron chi connectivity index (χ4n) is 2.71. The summed E-state index contributed by atoms with van der Waals surface area (Å²) in [6.07, 6.45) is 0. The summed E-state index contributed by atoms with van der Waals surface area (Å²) in [4.78, 5) is 24.0. The minimum atomic E-state index is -0.382. The van der Waals surface area contributed by atoms with Crippen LogP contribution in [0, 0.1) is 6.92 Å². The van der Waals surface area contributed by atoms with Gasteiger partial charge in [0, 0.05) is 10.2 Å². The molecule has 0 saturated heterocycles. The molecular weight excluding hydrogens is 460 g/mol. The van der Waals surface area contributed by atoms with Gasteiger partial charge in [-0.2, -0.15) is 0 Å². The summed E-state index contributed by atoms with van der Waals surface area (Å²) < 4.78 is 12.1. The molecule has 2 N–H and O–H groups in total. The molecule has 0 heterocycles. The van der Waals surface area contributed by atoms with Crippen LogP contribution in [0.4, 0.5) is 5.69 Å². The predicted molar refractivity (Wildman–Crippen MR) is 123 cm³/mol. The molecule has 0 aliphatic rings. The van der Waals surface area contributed by atoms with E-state index in [-0.39, 0.29) is 25.0 Å². The van der Waals surface area contributed by atoms with Crippen LogP contribution in [0.5, 0.6) is 11.5 Å². The number of benzene rings is 3. The third-order valence-corrected chi connectivity index (χ3v) is 4.84. The van der Waals surface area contributed by atoms with Gasteiger partial charge in [0.2, 0.25) is 5.91 Å². The van der Waals surface area contributed by atoms with E-state index in [1.165, 1.54) is 0 Å². The molecule has 3 rings (SSSR count). The molecule has 0 aliphatic heterocycles. The van der Waals surface area contributed by atoms with Crippen LogP contribution in [-0.2, 0) is 16.2 Å². The van der Waals surface area contributed by atoms with E-state index in [1.54, 1.807) is 30.3 Å². The number of anilines is 1. The fourth-order valence-corrected chi connectivity index (χ4v) is 3.19. The molecule has 0 aromatic heterocycles. The average molecular weight is 483 g/mol. The van der Waals surface area contributed by atoms with Gasteiger partial charge < -0.3 is 20.1 Å². The van der Waals surface area contributed by atoms with Gasteiger partial charge in [0.1, 0.15) is 18.1 Å². The summed E-state index contributed by atoms with van der Waals surface area (Å²) in [5.41, 5.74) is 2.71. The van der Waals surface area contributed by atoms with Gasteiger partial charge in [-0.3, -0.25) is 9.59 Å². The lowest BCUT2D eigenvalue weighted by Gasteiger charge is -2.11. The zero-order chi connectivity index (χ0) is 22.1. The van der Waals surface area contributed by atoms with Crippen LogP contribution in [-0.4, -0.2) is 25.0 Å². The molecule has 31 heavy (non-hydrogen) atoms. The number of aryl methyl sites for hydroxylation is 1. The molecule has 3 aromatic rings. The lowest BCUT2D eigenvalue weighted by atomic mass is 10.2. The van der Waals surface area contributed by atoms with Crippen molar-refractivity contribution in [1.82, 2.24) is 5.32 Å². The number of ether oxygens (including phenoxy) is 2. The Balaban J connectivity index is 1.37. The number of nitrogens with one attached hydrogen (secondary N) is 2. The second-order valence-corrected chi connectivity index (χ2v) is 7.73. The predicted octanol–water partition coefficient (Wildman–Crippen LogP) is 4.47. The maximum atomic E-state index is 12.0. The molecule has 7 heteroatoms. The van der Waals surface area contributed by atoms with E-state index in [4.69, 9.17) is 9.47 Å². The first-order chi connectivity index (χ1) is 15.0. The van der Waals surface area contributed by atoms with Crippen molar-refractivity contribution in [3.63, 3.8) is 0 Å². The number of carbonyl (C=O) groups excluding carboxylic acids is 2. The van der Waals surface area contributed by atoms with Crippen molar-refractivity contribution in [2.75, 3.05) is 18.5 Å². The number of hydrogen-bond donors (Lipinski definition) is 2. The minimum absolute atomic E-state index is 0.135. The van der Waals surface area contributed by atoms with Gasteiger partial charge >= 0.3 is 0 Å². The third-order valence-electron chi connectivity index (χ3n) is 4.35. The van der Waals surface area contributed by atoms with Crippen molar-refractivity contribution in [2.24, 2.45) is 0 Å². The summed E-state index contributed by atoms with van der Waals surface area (Å²) in [6.45, 7) is 2.05. The monoisotopic (exact) mass is 482 g/mol. The Kier molecular flexibility index (Phi) is 8.06. The van der Waals surface area contributed by atoms with Crippen molar-refractivity contribution < 1.29 is 19.1 Å². The van der Waals surface area contributed by atoms with Crippen LogP contribution >= 0.6 is 15.9 Å². The number of halogens is 1. The van der Waals surface area contributed by atoms with Crippen molar-refractivity contribution in [2.45, 2.75) is 13.5 Å².